The molecule has 1 N–H and O–H groups in total. The molecule has 0 aromatic heterocycles. The van der Waals surface area contributed by atoms with Gasteiger partial charge in [0.1, 0.15) is 17.2 Å². The Bertz CT molecular complexity index is 647. The average Bonchev–Trinajstić information content (AvgIpc) is 2.65. The number of aromatic hydroxyl groups is 1. The number of phenols is 1. The van der Waals surface area contributed by atoms with Gasteiger partial charge in [0.2, 0.25) is 0 Å². The van der Waals surface area contributed by atoms with Gasteiger partial charge in [-0.25, -0.2) is 4.79 Å². The van der Waals surface area contributed by atoms with Crippen LogP contribution < -0.4 is 9.47 Å². The number of unbranched alkanes of at least 4 members (excludes halogenated alkanes) is 6. The van der Waals surface area contributed by atoms with E-state index in [1.807, 2.05) is 0 Å². The summed E-state index contributed by atoms with van der Waals surface area (Å²) in [6.45, 7) is 2.94. The van der Waals surface area contributed by atoms with Gasteiger partial charge in [-0.1, -0.05) is 45.4 Å². The first-order valence-corrected chi connectivity index (χ1v) is 9.43. The topological polar surface area (TPSA) is 55.8 Å². The summed E-state index contributed by atoms with van der Waals surface area (Å²) < 4.78 is 11.0. The highest BCUT2D eigenvalue weighted by Gasteiger charge is 2.08. The van der Waals surface area contributed by atoms with Crippen molar-refractivity contribution in [1.29, 1.82) is 0 Å². The van der Waals surface area contributed by atoms with Gasteiger partial charge < -0.3 is 14.6 Å². The lowest BCUT2D eigenvalue weighted by Gasteiger charge is -2.08. The van der Waals surface area contributed by atoms with E-state index in [4.69, 9.17) is 9.47 Å². The second kappa shape index (κ2) is 11.2. The van der Waals surface area contributed by atoms with Crippen LogP contribution in [0.4, 0.5) is 0 Å². The van der Waals surface area contributed by atoms with Gasteiger partial charge in [0, 0.05) is 0 Å². The van der Waals surface area contributed by atoms with Crippen LogP contribution in [0, 0.1) is 0 Å². The molecule has 0 radical (unpaired) electrons. The number of carbonyl (C=O) groups is 1. The molecule has 0 aliphatic rings. The van der Waals surface area contributed by atoms with Crippen LogP contribution in [0.15, 0.2) is 48.5 Å². The largest absolute Gasteiger partial charge is 0.508 e. The van der Waals surface area contributed by atoms with E-state index in [-0.39, 0.29) is 5.75 Å². The van der Waals surface area contributed by atoms with Crippen LogP contribution in [0.3, 0.4) is 0 Å². The van der Waals surface area contributed by atoms with E-state index in [1.165, 1.54) is 62.8 Å². The molecule has 140 valence electrons. The molecular weight excluding hydrogens is 328 g/mol. The number of phenolic OH excluding ortho intramolecular Hbond substituents is 1. The van der Waals surface area contributed by atoms with Gasteiger partial charge in [0.15, 0.2) is 0 Å². The summed E-state index contributed by atoms with van der Waals surface area (Å²) in [5, 5.41) is 9.25. The molecule has 2 aromatic carbocycles. The van der Waals surface area contributed by atoms with Gasteiger partial charge in [-0.2, -0.15) is 0 Å². The monoisotopic (exact) mass is 356 g/mol. The van der Waals surface area contributed by atoms with Crippen LogP contribution >= 0.6 is 0 Å². The molecule has 0 aliphatic heterocycles. The molecule has 0 heterocycles. The molecule has 0 fully saturated rings. The van der Waals surface area contributed by atoms with Crippen LogP contribution in [0.1, 0.15) is 62.2 Å². The van der Waals surface area contributed by atoms with Crippen LogP contribution in [0.25, 0.3) is 0 Å². The Morgan fingerprint density at radius 2 is 1.38 bits per heavy atom. The lowest BCUT2D eigenvalue weighted by atomic mass is 10.1. The summed E-state index contributed by atoms with van der Waals surface area (Å²) in [5.74, 6) is 0.900. The minimum atomic E-state index is -0.457. The molecule has 2 rings (SSSR count). The maximum absolute atomic E-state index is 12.0. The Balaban J connectivity index is 1.67. The van der Waals surface area contributed by atoms with E-state index in [0.717, 1.165) is 12.2 Å². The molecule has 0 atom stereocenters. The number of ether oxygens (including phenoxy) is 2. The third-order valence-corrected chi connectivity index (χ3v) is 4.15. The Hall–Kier alpha value is -2.49. The normalized spacial score (nSPS) is 10.5. The van der Waals surface area contributed by atoms with E-state index >= 15 is 0 Å². The zero-order valence-electron chi connectivity index (χ0n) is 15.4. The number of benzene rings is 2. The highest BCUT2D eigenvalue weighted by atomic mass is 16.5. The van der Waals surface area contributed by atoms with Crippen LogP contribution in [0.5, 0.6) is 17.2 Å². The minimum absolute atomic E-state index is 0.115. The van der Waals surface area contributed by atoms with Crippen molar-refractivity contribution in [2.24, 2.45) is 0 Å². The molecule has 0 saturated heterocycles. The Kier molecular flexibility index (Phi) is 8.53. The molecule has 0 aliphatic carbocycles. The van der Waals surface area contributed by atoms with Crippen molar-refractivity contribution in [3.8, 4) is 17.2 Å². The molecule has 0 bridgehead atoms. The molecule has 4 heteroatoms. The lowest BCUT2D eigenvalue weighted by molar-refractivity contribution is 0.0734. The minimum Gasteiger partial charge on any atom is -0.508 e. The number of hydrogen-bond donors (Lipinski definition) is 1. The number of rotatable bonds is 11. The fourth-order valence-electron chi connectivity index (χ4n) is 2.62. The molecule has 4 nitrogen and oxygen atoms in total. The molecule has 26 heavy (non-hydrogen) atoms. The quantitative estimate of drug-likeness (QED) is 0.317. The predicted octanol–water partition coefficient (Wildman–Crippen LogP) is 5.74. The summed E-state index contributed by atoms with van der Waals surface area (Å²) in [4.78, 5) is 12.0. The van der Waals surface area contributed by atoms with Gasteiger partial charge in [0.25, 0.3) is 0 Å². The van der Waals surface area contributed by atoms with Crippen LogP contribution in [0.2, 0.25) is 0 Å². The molecule has 0 amide bonds. The Labute approximate surface area is 155 Å². The van der Waals surface area contributed by atoms with Crippen molar-refractivity contribution in [3.63, 3.8) is 0 Å². The van der Waals surface area contributed by atoms with Crippen molar-refractivity contribution in [3.05, 3.63) is 54.1 Å². The predicted molar refractivity (Wildman–Crippen MR) is 103 cm³/mol. The Morgan fingerprint density at radius 3 is 2.04 bits per heavy atom. The van der Waals surface area contributed by atoms with Crippen molar-refractivity contribution >= 4 is 5.97 Å². The standard InChI is InChI=1S/C22H28O4/c1-2-3-4-5-6-7-8-17-25-20-13-15-21(16-14-20)26-22(24)18-9-11-19(23)12-10-18/h9-16,23H,2-8,17H2,1H3. The summed E-state index contributed by atoms with van der Waals surface area (Å²) >= 11 is 0. The molecule has 0 unspecified atom stereocenters. The molecular formula is C22H28O4. The van der Waals surface area contributed by atoms with Crippen molar-refractivity contribution in [2.75, 3.05) is 6.61 Å². The van der Waals surface area contributed by atoms with E-state index in [9.17, 15) is 9.90 Å². The molecule has 0 saturated carbocycles. The maximum Gasteiger partial charge on any atom is 0.343 e. The van der Waals surface area contributed by atoms with Crippen LogP contribution in [-0.4, -0.2) is 17.7 Å². The maximum atomic E-state index is 12.0. The smallest absolute Gasteiger partial charge is 0.343 e. The van der Waals surface area contributed by atoms with E-state index in [1.54, 1.807) is 24.3 Å². The van der Waals surface area contributed by atoms with Crippen molar-refractivity contribution < 1.29 is 19.4 Å². The number of esters is 1. The van der Waals surface area contributed by atoms with Gasteiger partial charge in [-0.3, -0.25) is 0 Å². The Morgan fingerprint density at radius 1 is 0.808 bits per heavy atom. The lowest BCUT2D eigenvalue weighted by Crippen LogP contribution is -2.08. The number of carbonyl (C=O) groups excluding carboxylic acids is 1. The van der Waals surface area contributed by atoms with Crippen molar-refractivity contribution in [2.45, 2.75) is 51.9 Å². The third kappa shape index (κ3) is 7.18. The summed E-state index contributed by atoms with van der Waals surface area (Å²) in [6.07, 6.45) is 8.80. The zero-order chi connectivity index (χ0) is 18.6. The summed E-state index contributed by atoms with van der Waals surface area (Å²) in [6, 6.07) is 13.0. The zero-order valence-corrected chi connectivity index (χ0v) is 15.4. The summed E-state index contributed by atoms with van der Waals surface area (Å²) in [5.41, 5.74) is 0.391. The summed E-state index contributed by atoms with van der Waals surface area (Å²) in [7, 11) is 0. The molecule has 0 spiro atoms. The highest BCUT2D eigenvalue weighted by molar-refractivity contribution is 5.91. The van der Waals surface area contributed by atoms with Crippen molar-refractivity contribution in [1.82, 2.24) is 0 Å². The van der Waals surface area contributed by atoms with Gasteiger partial charge in [-0.05, 0) is 55.0 Å². The average molecular weight is 356 g/mol. The highest BCUT2D eigenvalue weighted by Crippen LogP contribution is 2.20. The fourth-order valence-corrected chi connectivity index (χ4v) is 2.62. The number of hydrogen-bond acceptors (Lipinski definition) is 4. The SMILES string of the molecule is CCCCCCCCCOc1ccc(OC(=O)c2ccc(O)cc2)cc1. The first-order chi connectivity index (χ1) is 12.7. The first kappa shape index (κ1) is 19.8. The second-order valence-corrected chi connectivity index (χ2v) is 6.38. The molecule has 2 aromatic rings. The third-order valence-electron chi connectivity index (χ3n) is 4.15. The van der Waals surface area contributed by atoms with E-state index in [0.29, 0.717) is 17.9 Å². The van der Waals surface area contributed by atoms with E-state index < -0.39 is 5.97 Å². The van der Waals surface area contributed by atoms with Crippen LogP contribution in [-0.2, 0) is 0 Å². The second-order valence-electron chi connectivity index (χ2n) is 6.38. The van der Waals surface area contributed by atoms with E-state index in [2.05, 4.69) is 6.92 Å². The van der Waals surface area contributed by atoms with Gasteiger partial charge in [-0.15, -0.1) is 0 Å². The van der Waals surface area contributed by atoms with Gasteiger partial charge in [0.05, 0.1) is 12.2 Å². The van der Waals surface area contributed by atoms with Gasteiger partial charge >= 0.3 is 5.97 Å². The fraction of sp³-hybridized carbons (Fsp3) is 0.409. The first-order valence-electron chi connectivity index (χ1n) is 9.43.